The van der Waals surface area contributed by atoms with Crippen LogP contribution in [0.25, 0.3) is 33.4 Å². The van der Waals surface area contributed by atoms with Gasteiger partial charge in [-0.1, -0.05) is 6.07 Å². The highest BCUT2D eigenvalue weighted by molar-refractivity contribution is 7.80. The fourth-order valence-corrected chi connectivity index (χ4v) is 4.51. The Labute approximate surface area is 232 Å². The van der Waals surface area contributed by atoms with E-state index in [4.69, 9.17) is 28.1 Å². The number of carboxylic acids is 2. The number of hydrogen-bond donors (Lipinski definition) is 7. The smallest absolute Gasteiger partial charge is 0.336 e. The number of nitrogens with one attached hydrogen (secondary N) is 2. The Balaban J connectivity index is 1.68. The van der Waals surface area contributed by atoms with Crippen LogP contribution in [0.5, 0.6) is 5.75 Å². The average Bonchev–Trinajstić information content (AvgIpc) is 2.88. The summed E-state index contributed by atoms with van der Waals surface area (Å²) in [4.78, 5) is 39.9. The molecule has 0 amide bonds. The molecule has 0 saturated heterocycles. The van der Waals surface area contributed by atoms with Gasteiger partial charge in [-0.15, -0.1) is 0 Å². The van der Waals surface area contributed by atoms with Crippen LogP contribution in [-0.4, -0.2) is 50.9 Å². The maximum Gasteiger partial charge on any atom is 0.336 e. The quantitative estimate of drug-likeness (QED) is 0.0515. The molecule has 1 atom stereocenters. The lowest BCUT2D eigenvalue weighted by molar-refractivity contribution is -0.139. The normalized spacial score (nSPS) is 11.6. The van der Waals surface area contributed by atoms with Gasteiger partial charge in [-0.3, -0.25) is 9.79 Å². The highest BCUT2D eigenvalue weighted by atomic mass is 32.1. The second-order valence-corrected chi connectivity index (χ2v) is 9.23. The van der Waals surface area contributed by atoms with E-state index in [0.29, 0.717) is 34.2 Å². The van der Waals surface area contributed by atoms with E-state index in [1.165, 1.54) is 30.3 Å². The summed E-state index contributed by atoms with van der Waals surface area (Å²) in [5, 5.41) is 35.6. The second kappa shape index (κ2) is 11.7. The first-order valence-corrected chi connectivity index (χ1v) is 12.4. The molecular formula is C27H25N5O7S. The van der Waals surface area contributed by atoms with Crippen molar-refractivity contribution in [1.82, 2.24) is 5.32 Å². The van der Waals surface area contributed by atoms with Crippen molar-refractivity contribution in [3.05, 3.63) is 70.4 Å². The summed E-state index contributed by atoms with van der Waals surface area (Å²) in [6.45, 7) is 0.253. The Kier molecular flexibility index (Phi) is 8.15. The van der Waals surface area contributed by atoms with Gasteiger partial charge >= 0.3 is 11.9 Å². The second-order valence-electron chi connectivity index (χ2n) is 8.82. The van der Waals surface area contributed by atoms with Crippen LogP contribution in [0.3, 0.4) is 0 Å². The number of benzene rings is 3. The molecule has 0 aromatic heterocycles. The summed E-state index contributed by atoms with van der Waals surface area (Å²) in [5.74, 6) is -2.29. The highest BCUT2D eigenvalue weighted by Crippen LogP contribution is 2.42. The first kappa shape index (κ1) is 27.9. The summed E-state index contributed by atoms with van der Waals surface area (Å²) < 4.78 is 5.84. The molecule has 40 heavy (non-hydrogen) atoms. The third kappa shape index (κ3) is 6.27. The van der Waals surface area contributed by atoms with E-state index in [-0.39, 0.29) is 52.1 Å². The van der Waals surface area contributed by atoms with E-state index in [1.54, 1.807) is 24.3 Å². The number of thiocarbonyl (C=S) groups is 1. The molecule has 0 fully saturated rings. The molecule has 0 spiro atoms. The summed E-state index contributed by atoms with van der Waals surface area (Å²) in [6, 6.07) is 12.1. The van der Waals surface area contributed by atoms with Gasteiger partial charge in [-0.25, -0.2) is 9.59 Å². The van der Waals surface area contributed by atoms with Crippen LogP contribution in [0, 0.1) is 0 Å². The summed E-state index contributed by atoms with van der Waals surface area (Å²) in [5.41, 5.74) is 12.1. The molecule has 0 bridgehead atoms. The SMILES string of the molecule is NC(N)=NCCC[C@H](NC(=S)Nc1ccc(-c2c3ccc(=O)cc-3oc3cc(O)ccc23)c(C(=O)O)c1)C(=O)O. The van der Waals surface area contributed by atoms with Crippen molar-refractivity contribution in [3.8, 4) is 28.2 Å². The van der Waals surface area contributed by atoms with Gasteiger partial charge in [-0.05, 0) is 67.0 Å². The number of aromatic hydroxyl groups is 1. The predicted molar refractivity (Wildman–Crippen MR) is 154 cm³/mol. The van der Waals surface area contributed by atoms with Crippen LogP contribution in [0.15, 0.2) is 68.8 Å². The van der Waals surface area contributed by atoms with E-state index in [9.17, 15) is 29.7 Å². The molecule has 1 heterocycles. The number of guanidine groups is 1. The van der Waals surface area contributed by atoms with Crippen molar-refractivity contribution in [1.29, 1.82) is 0 Å². The van der Waals surface area contributed by atoms with Crippen LogP contribution in [0.4, 0.5) is 5.69 Å². The number of phenols is 1. The summed E-state index contributed by atoms with van der Waals surface area (Å²) >= 11 is 5.27. The first-order valence-electron chi connectivity index (χ1n) is 12.0. The van der Waals surface area contributed by atoms with Crippen molar-refractivity contribution in [2.24, 2.45) is 16.5 Å². The lowest BCUT2D eigenvalue weighted by Crippen LogP contribution is -2.43. The van der Waals surface area contributed by atoms with E-state index in [1.807, 2.05) is 0 Å². The molecule has 0 radical (unpaired) electrons. The van der Waals surface area contributed by atoms with Crippen molar-refractivity contribution < 1.29 is 29.3 Å². The van der Waals surface area contributed by atoms with Gasteiger partial charge in [-0.2, -0.15) is 0 Å². The van der Waals surface area contributed by atoms with Crippen molar-refractivity contribution >= 4 is 51.9 Å². The van der Waals surface area contributed by atoms with Gasteiger partial charge in [0.05, 0.1) is 5.56 Å². The van der Waals surface area contributed by atoms with Gasteiger partial charge in [0.15, 0.2) is 16.5 Å². The molecule has 0 saturated carbocycles. The number of nitrogens with zero attached hydrogens (tertiary/aromatic N) is 1. The van der Waals surface area contributed by atoms with E-state index in [2.05, 4.69) is 15.6 Å². The highest BCUT2D eigenvalue weighted by Gasteiger charge is 2.23. The Morgan fingerprint density at radius 2 is 1.77 bits per heavy atom. The van der Waals surface area contributed by atoms with Crippen LogP contribution >= 0.6 is 12.2 Å². The molecule has 4 rings (SSSR count). The van der Waals surface area contributed by atoms with Crippen molar-refractivity contribution in [3.63, 3.8) is 0 Å². The summed E-state index contributed by atoms with van der Waals surface area (Å²) in [7, 11) is 0. The molecule has 12 nitrogen and oxygen atoms in total. The monoisotopic (exact) mass is 563 g/mol. The van der Waals surface area contributed by atoms with Crippen LogP contribution < -0.4 is 27.5 Å². The minimum atomic E-state index is -1.23. The predicted octanol–water partition coefficient (Wildman–Crippen LogP) is 2.76. The number of anilines is 1. The zero-order valence-electron chi connectivity index (χ0n) is 20.9. The molecule has 2 aromatic rings. The number of hydrogen-bond acceptors (Lipinski definition) is 7. The third-order valence-electron chi connectivity index (χ3n) is 6.00. The number of phenolic OH excluding ortho intramolecular Hbond substituents is 1. The van der Waals surface area contributed by atoms with Crippen molar-refractivity contribution in [2.75, 3.05) is 11.9 Å². The summed E-state index contributed by atoms with van der Waals surface area (Å²) in [6.07, 6.45) is 0.576. The maximum atomic E-state index is 12.4. The molecule has 1 aliphatic heterocycles. The number of nitrogens with two attached hydrogens (primary N) is 2. The number of rotatable bonds is 9. The zero-order valence-corrected chi connectivity index (χ0v) is 21.7. The number of aromatic carboxylic acids is 1. The lowest BCUT2D eigenvalue weighted by Gasteiger charge is -2.19. The van der Waals surface area contributed by atoms with E-state index >= 15 is 0 Å². The standard InChI is InChI=1S/C27H25N5O7S/c28-26(29)30-9-1-2-20(25(37)38)32-27(40)31-13-3-6-16(19(10-13)24(35)36)23-17-7-4-14(33)11-21(17)39-22-12-15(34)5-8-18(22)23/h3-8,10-12,20,33H,1-2,9H2,(H,35,36)(H,37,38)(H4,28,29,30)(H2,31,32,40)/t20-/m0/s1. The molecule has 206 valence electrons. The van der Waals surface area contributed by atoms with Gasteiger partial charge in [0.25, 0.3) is 0 Å². The third-order valence-corrected chi connectivity index (χ3v) is 6.22. The fraction of sp³-hybridized carbons (Fsp3) is 0.148. The zero-order chi connectivity index (χ0) is 29.0. The Morgan fingerprint density at radius 3 is 2.48 bits per heavy atom. The maximum absolute atomic E-state index is 12.4. The first-order chi connectivity index (χ1) is 19.0. The minimum absolute atomic E-state index is 0.0220. The number of carbonyl (C=O) groups is 2. The van der Waals surface area contributed by atoms with Crippen LogP contribution in [0.2, 0.25) is 0 Å². The van der Waals surface area contributed by atoms with E-state index < -0.39 is 18.0 Å². The van der Waals surface area contributed by atoms with Crippen LogP contribution in [0.1, 0.15) is 23.2 Å². The Bertz CT molecular complexity index is 1680. The van der Waals surface area contributed by atoms with Crippen LogP contribution in [-0.2, 0) is 4.79 Å². The van der Waals surface area contributed by atoms with Gasteiger partial charge in [0.2, 0.25) is 0 Å². The van der Waals surface area contributed by atoms with Gasteiger partial charge < -0.3 is 41.8 Å². The minimum Gasteiger partial charge on any atom is -0.508 e. The molecule has 0 unspecified atom stereocenters. The van der Waals surface area contributed by atoms with Gasteiger partial charge in [0.1, 0.15) is 23.1 Å². The number of carboxylic acid groups (broad SMARTS) is 2. The molecule has 2 aromatic carbocycles. The fourth-order valence-electron chi connectivity index (χ4n) is 4.25. The van der Waals surface area contributed by atoms with E-state index in [0.717, 1.165) is 0 Å². The number of fused-ring (bicyclic) bond motifs is 2. The number of aliphatic imine (C=N–C) groups is 1. The average molecular weight is 564 g/mol. The molecule has 9 N–H and O–H groups in total. The van der Waals surface area contributed by atoms with Gasteiger partial charge in [0, 0.05) is 40.9 Å². The topological polar surface area (TPSA) is 213 Å². The number of aliphatic carboxylic acids is 1. The van der Waals surface area contributed by atoms with Crippen molar-refractivity contribution in [2.45, 2.75) is 18.9 Å². The molecule has 2 aliphatic rings. The lowest BCUT2D eigenvalue weighted by atomic mass is 9.90. The Morgan fingerprint density at radius 1 is 1.02 bits per heavy atom. The Hall–Kier alpha value is -5.17. The molecular weight excluding hydrogens is 538 g/mol. The largest absolute Gasteiger partial charge is 0.508 e. The molecule has 13 heteroatoms. The molecule has 1 aliphatic carbocycles.